The fourth-order valence-electron chi connectivity index (χ4n) is 2.14. The van der Waals surface area contributed by atoms with Crippen LogP contribution >= 0.6 is 23.4 Å². The van der Waals surface area contributed by atoms with Crippen LogP contribution in [0.5, 0.6) is 0 Å². The fourth-order valence-corrected chi connectivity index (χ4v) is 3.32. The Morgan fingerprint density at radius 1 is 1.35 bits per heavy atom. The number of rotatable bonds is 1. The molecule has 0 fully saturated rings. The lowest BCUT2D eigenvalue weighted by Gasteiger charge is -2.22. The van der Waals surface area contributed by atoms with Crippen molar-refractivity contribution in [2.75, 3.05) is 17.2 Å². The van der Waals surface area contributed by atoms with Crippen molar-refractivity contribution < 1.29 is 4.79 Å². The number of fused-ring (bicyclic) bond motifs is 1. The van der Waals surface area contributed by atoms with Crippen molar-refractivity contribution in [2.45, 2.75) is 11.3 Å². The second-order valence-corrected chi connectivity index (χ2v) is 5.89. The first-order chi connectivity index (χ1) is 9.77. The Morgan fingerprint density at radius 3 is 3.05 bits per heavy atom. The van der Waals surface area contributed by atoms with Gasteiger partial charge in [-0.15, -0.1) is 11.8 Å². The molecule has 0 aliphatic carbocycles. The van der Waals surface area contributed by atoms with Gasteiger partial charge in [-0.25, -0.2) is 9.97 Å². The summed E-state index contributed by atoms with van der Waals surface area (Å²) in [6.45, 7) is 0.670. The van der Waals surface area contributed by atoms with Gasteiger partial charge >= 0.3 is 0 Å². The molecule has 4 nitrogen and oxygen atoms in total. The van der Waals surface area contributed by atoms with Crippen LogP contribution in [0, 0.1) is 0 Å². The van der Waals surface area contributed by atoms with E-state index in [2.05, 4.69) is 9.97 Å². The number of thioether (sulfide) groups is 1. The number of hydrogen-bond acceptors (Lipinski definition) is 4. The number of benzene rings is 1. The molecule has 0 spiro atoms. The SMILES string of the molecule is O=C(c1ncncc1Cl)N1CCCSc2ccccc21. The Balaban J connectivity index is 2.02. The molecule has 2 aromatic rings. The first-order valence-corrected chi connectivity index (χ1v) is 7.63. The number of carbonyl (C=O) groups is 1. The van der Waals surface area contributed by atoms with Gasteiger partial charge in [-0.05, 0) is 24.3 Å². The summed E-state index contributed by atoms with van der Waals surface area (Å²) in [5.74, 6) is 0.825. The Morgan fingerprint density at radius 2 is 2.20 bits per heavy atom. The zero-order valence-electron chi connectivity index (χ0n) is 10.6. The molecule has 20 heavy (non-hydrogen) atoms. The normalized spacial score (nSPS) is 14.6. The van der Waals surface area contributed by atoms with Crippen LogP contribution in [0.15, 0.2) is 41.7 Å². The predicted molar refractivity (Wildman–Crippen MR) is 80.5 cm³/mol. The van der Waals surface area contributed by atoms with Crippen molar-refractivity contribution in [2.24, 2.45) is 0 Å². The predicted octanol–water partition coefficient (Wildman–Crippen LogP) is 3.27. The molecule has 2 heterocycles. The number of halogens is 1. The zero-order chi connectivity index (χ0) is 13.9. The Labute approximate surface area is 126 Å². The minimum absolute atomic E-state index is 0.174. The maximum atomic E-state index is 12.7. The summed E-state index contributed by atoms with van der Waals surface area (Å²) in [5, 5.41) is 0.284. The topological polar surface area (TPSA) is 46.1 Å². The molecule has 102 valence electrons. The Bertz CT molecular complexity index is 650. The highest BCUT2D eigenvalue weighted by atomic mass is 35.5. The second-order valence-electron chi connectivity index (χ2n) is 4.35. The molecule has 0 saturated carbocycles. The number of aromatic nitrogens is 2. The highest BCUT2D eigenvalue weighted by molar-refractivity contribution is 7.99. The van der Waals surface area contributed by atoms with Gasteiger partial charge in [-0.3, -0.25) is 4.79 Å². The van der Waals surface area contributed by atoms with Crippen LogP contribution < -0.4 is 4.90 Å². The summed E-state index contributed by atoms with van der Waals surface area (Å²) < 4.78 is 0. The Kier molecular flexibility index (Phi) is 3.89. The van der Waals surface area contributed by atoms with E-state index in [9.17, 15) is 4.79 Å². The summed E-state index contributed by atoms with van der Waals surface area (Å²) in [6, 6.07) is 7.91. The van der Waals surface area contributed by atoms with E-state index in [0.717, 1.165) is 22.8 Å². The van der Waals surface area contributed by atoms with Gasteiger partial charge in [0.25, 0.3) is 5.91 Å². The number of hydrogen-bond donors (Lipinski definition) is 0. The summed E-state index contributed by atoms with van der Waals surface area (Å²) in [6.07, 6.45) is 3.73. The lowest BCUT2D eigenvalue weighted by molar-refractivity contribution is 0.0982. The standard InChI is InChI=1S/C14H12ClN3OS/c15-10-8-16-9-17-13(10)14(19)18-6-3-7-20-12-5-2-1-4-11(12)18/h1-2,4-5,8-9H,3,6-7H2. The van der Waals surface area contributed by atoms with Crippen molar-refractivity contribution >= 4 is 35.0 Å². The van der Waals surface area contributed by atoms with Crippen LogP contribution in [-0.4, -0.2) is 28.2 Å². The van der Waals surface area contributed by atoms with Crippen LogP contribution in [-0.2, 0) is 0 Å². The highest BCUT2D eigenvalue weighted by Crippen LogP contribution is 2.34. The quantitative estimate of drug-likeness (QED) is 0.811. The van der Waals surface area contributed by atoms with Gasteiger partial charge in [-0.1, -0.05) is 23.7 Å². The molecule has 1 aromatic heterocycles. The molecule has 3 rings (SSSR count). The zero-order valence-corrected chi connectivity index (χ0v) is 12.2. The smallest absolute Gasteiger partial charge is 0.278 e. The van der Waals surface area contributed by atoms with Gasteiger partial charge in [0, 0.05) is 17.6 Å². The number of amides is 1. The van der Waals surface area contributed by atoms with Crippen molar-refractivity contribution in [1.82, 2.24) is 9.97 Å². The number of nitrogens with zero attached hydrogens (tertiary/aromatic N) is 3. The van der Waals surface area contributed by atoms with E-state index in [0.29, 0.717) is 6.54 Å². The molecule has 1 aromatic carbocycles. The maximum Gasteiger partial charge on any atom is 0.278 e. The van der Waals surface area contributed by atoms with Crippen LogP contribution in [0.1, 0.15) is 16.9 Å². The fraction of sp³-hybridized carbons (Fsp3) is 0.214. The lowest BCUT2D eigenvalue weighted by atomic mass is 10.2. The van der Waals surface area contributed by atoms with E-state index in [1.54, 1.807) is 16.7 Å². The highest BCUT2D eigenvalue weighted by Gasteiger charge is 2.24. The van der Waals surface area contributed by atoms with Gasteiger partial charge in [0.05, 0.1) is 10.7 Å². The Hall–Kier alpha value is -1.59. The van der Waals surface area contributed by atoms with Crippen molar-refractivity contribution in [3.05, 3.63) is 47.5 Å². The lowest BCUT2D eigenvalue weighted by Crippen LogP contribution is -2.32. The van der Waals surface area contributed by atoms with Crippen LogP contribution in [0.4, 0.5) is 5.69 Å². The molecule has 0 radical (unpaired) electrons. The van der Waals surface area contributed by atoms with Crippen molar-refractivity contribution in [3.63, 3.8) is 0 Å². The van der Waals surface area contributed by atoms with Gasteiger partial charge in [0.1, 0.15) is 6.33 Å². The number of para-hydroxylation sites is 1. The van der Waals surface area contributed by atoms with Crippen molar-refractivity contribution in [3.8, 4) is 0 Å². The van der Waals surface area contributed by atoms with E-state index in [1.165, 1.54) is 12.5 Å². The van der Waals surface area contributed by atoms with E-state index in [-0.39, 0.29) is 16.6 Å². The van der Waals surface area contributed by atoms with Gasteiger partial charge in [0.2, 0.25) is 0 Å². The average molecular weight is 306 g/mol. The molecule has 6 heteroatoms. The molecule has 0 atom stereocenters. The molecule has 1 amide bonds. The molecule has 0 unspecified atom stereocenters. The van der Waals surface area contributed by atoms with Crippen LogP contribution in [0.25, 0.3) is 0 Å². The molecule has 1 aliphatic rings. The number of carbonyl (C=O) groups excluding carboxylic acids is 1. The second kappa shape index (κ2) is 5.81. The summed E-state index contributed by atoms with van der Waals surface area (Å²) in [7, 11) is 0. The first-order valence-electron chi connectivity index (χ1n) is 6.26. The van der Waals surface area contributed by atoms with E-state index < -0.39 is 0 Å². The van der Waals surface area contributed by atoms with Gasteiger partial charge < -0.3 is 4.90 Å². The van der Waals surface area contributed by atoms with Crippen molar-refractivity contribution in [1.29, 1.82) is 0 Å². The van der Waals surface area contributed by atoms with Gasteiger partial charge in [0.15, 0.2) is 5.69 Å². The molecule has 0 bridgehead atoms. The molecule has 0 N–H and O–H groups in total. The van der Waals surface area contributed by atoms with E-state index >= 15 is 0 Å². The third kappa shape index (κ3) is 2.51. The van der Waals surface area contributed by atoms with E-state index in [4.69, 9.17) is 11.6 Å². The minimum Gasteiger partial charge on any atom is -0.306 e. The molecular formula is C14H12ClN3OS. The monoisotopic (exact) mass is 305 g/mol. The third-order valence-electron chi connectivity index (χ3n) is 3.06. The van der Waals surface area contributed by atoms with Crippen LogP contribution in [0.3, 0.4) is 0 Å². The minimum atomic E-state index is -0.174. The van der Waals surface area contributed by atoms with Gasteiger partial charge in [-0.2, -0.15) is 0 Å². The van der Waals surface area contributed by atoms with E-state index in [1.807, 2.05) is 24.3 Å². The molecule has 0 saturated heterocycles. The maximum absolute atomic E-state index is 12.7. The molecular weight excluding hydrogens is 294 g/mol. The average Bonchev–Trinajstić information content (AvgIpc) is 2.69. The summed E-state index contributed by atoms with van der Waals surface area (Å²) in [4.78, 5) is 23.4. The summed E-state index contributed by atoms with van der Waals surface area (Å²) in [5.41, 5.74) is 1.18. The third-order valence-corrected chi connectivity index (χ3v) is 4.48. The summed E-state index contributed by atoms with van der Waals surface area (Å²) >= 11 is 7.80. The molecule has 1 aliphatic heterocycles. The van der Waals surface area contributed by atoms with Crippen LogP contribution in [0.2, 0.25) is 5.02 Å². The first kappa shape index (κ1) is 13.4. The number of anilines is 1. The largest absolute Gasteiger partial charge is 0.306 e.